The van der Waals surface area contributed by atoms with Crippen LogP contribution in [0.15, 0.2) is 24.3 Å². The van der Waals surface area contributed by atoms with Gasteiger partial charge in [0.2, 0.25) is 12.4 Å². The van der Waals surface area contributed by atoms with Crippen LogP contribution in [0.2, 0.25) is 0 Å². The van der Waals surface area contributed by atoms with Crippen molar-refractivity contribution in [2.45, 2.75) is 91.0 Å². The molecule has 2 rings (SSSR count). The fraction of sp³-hybridized carbons (Fsp3) is 0.615. The van der Waals surface area contributed by atoms with Gasteiger partial charge in [-0.2, -0.15) is 0 Å². The molecule has 1 aromatic carbocycles. The van der Waals surface area contributed by atoms with E-state index in [1.807, 2.05) is 0 Å². The molecule has 0 radical (unpaired) electrons. The normalized spacial score (nSPS) is 22.9. The molecule has 11 nitrogen and oxygen atoms in total. The molecule has 0 saturated carbocycles. The van der Waals surface area contributed by atoms with Crippen molar-refractivity contribution in [3.8, 4) is 11.5 Å². The highest BCUT2D eigenvalue weighted by Gasteiger charge is 2.53. The molecule has 1 saturated heterocycles. The lowest BCUT2D eigenvalue weighted by Crippen LogP contribution is -2.63. The highest BCUT2D eigenvalue weighted by atomic mass is 16.7. The van der Waals surface area contributed by atoms with Crippen LogP contribution in [0.25, 0.3) is 0 Å². The molecule has 0 aromatic heterocycles. The first kappa shape index (κ1) is 29.9. The fourth-order valence-corrected chi connectivity index (χ4v) is 3.75. The first-order valence-corrected chi connectivity index (χ1v) is 12.3. The van der Waals surface area contributed by atoms with Crippen molar-refractivity contribution in [1.29, 1.82) is 0 Å². The van der Waals surface area contributed by atoms with E-state index in [4.69, 9.17) is 33.2 Å². The number of carbonyl (C=O) groups is 4. The fourth-order valence-electron chi connectivity index (χ4n) is 3.75. The van der Waals surface area contributed by atoms with E-state index in [1.54, 1.807) is 24.3 Å². The lowest BCUT2D eigenvalue weighted by Gasteiger charge is -2.43. The van der Waals surface area contributed by atoms with Crippen LogP contribution >= 0.6 is 0 Å². The standard InChI is InChI=1S/C26H36O11/c1-6-7-8-9-14-31-20-10-12-21(13-11-20)36-26-25(35-19(5)30)24(34-18(4)29)23(33-17(3)28)22(37-26)15-32-16(2)27/h10-13,22-26H,6-9,14-15H2,1-5H3/t22-,23-,24+,25+,26-/m1/s1. The van der Waals surface area contributed by atoms with E-state index in [0.717, 1.165) is 39.5 Å². The van der Waals surface area contributed by atoms with Gasteiger partial charge in [-0.1, -0.05) is 26.2 Å². The summed E-state index contributed by atoms with van der Waals surface area (Å²) in [4.78, 5) is 47.1. The number of unbranched alkanes of at least 4 members (excludes halogenated alkanes) is 3. The molecular weight excluding hydrogens is 488 g/mol. The van der Waals surface area contributed by atoms with Crippen LogP contribution in [0, 0.1) is 0 Å². The van der Waals surface area contributed by atoms with Gasteiger partial charge in [0.1, 0.15) is 24.2 Å². The topological polar surface area (TPSA) is 133 Å². The molecule has 0 N–H and O–H groups in total. The van der Waals surface area contributed by atoms with Gasteiger partial charge in [0, 0.05) is 27.7 Å². The maximum atomic E-state index is 11.9. The molecule has 0 unspecified atom stereocenters. The molecule has 0 amide bonds. The van der Waals surface area contributed by atoms with Crippen LogP contribution in [0.1, 0.15) is 60.3 Å². The van der Waals surface area contributed by atoms with E-state index in [0.29, 0.717) is 18.1 Å². The lowest BCUT2D eigenvalue weighted by molar-refractivity contribution is -0.288. The highest BCUT2D eigenvalue weighted by molar-refractivity contribution is 5.68. The molecule has 1 fully saturated rings. The highest BCUT2D eigenvalue weighted by Crippen LogP contribution is 2.31. The van der Waals surface area contributed by atoms with Crippen molar-refractivity contribution in [2.24, 2.45) is 0 Å². The summed E-state index contributed by atoms with van der Waals surface area (Å²) in [6.45, 7) is 7.10. The minimum Gasteiger partial charge on any atom is -0.494 e. The zero-order valence-corrected chi connectivity index (χ0v) is 21.9. The first-order chi connectivity index (χ1) is 17.6. The van der Waals surface area contributed by atoms with Crippen molar-refractivity contribution in [3.63, 3.8) is 0 Å². The molecule has 1 heterocycles. The Labute approximate surface area is 216 Å². The predicted molar refractivity (Wildman–Crippen MR) is 129 cm³/mol. The molecule has 0 bridgehead atoms. The summed E-state index contributed by atoms with van der Waals surface area (Å²) in [5.41, 5.74) is 0. The molecule has 1 aliphatic rings. The van der Waals surface area contributed by atoms with Gasteiger partial charge in [-0.25, -0.2) is 0 Å². The van der Waals surface area contributed by atoms with E-state index < -0.39 is 54.6 Å². The van der Waals surface area contributed by atoms with Gasteiger partial charge in [-0.05, 0) is 30.7 Å². The minimum absolute atomic E-state index is 0.331. The Morgan fingerprint density at radius 2 is 1.30 bits per heavy atom. The van der Waals surface area contributed by atoms with Crippen LogP contribution in [0.3, 0.4) is 0 Å². The average Bonchev–Trinajstić information content (AvgIpc) is 2.81. The van der Waals surface area contributed by atoms with E-state index in [1.165, 1.54) is 13.8 Å². The van der Waals surface area contributed by atoms with E-state index in [2.05, 4.69) is 6.92 Å². The van der Waals surface area contributed by atoms with Crippen molar-refractivity contribution in [1.82, 2.24) is 0 Å². The molecule has 1 aliphatic heterocycles. The lowest BCUT2D eigenvalue weighted by atomic mass is 9.98. The maximum absolute atomic E-state index is 11.9. The second kappa shape index (κ2) is 15.0. The SMILES string of the molecule is CCCCCCOc1ccc(O[C@@H]2O[C@H](COC(C)=O)[C@@H](OC(C)=O)[C@H](OC(C)=O)[C@@H]2OC(C)=O)cc1. The Morgan fingerprint density at radius 1 is 0.730 bits per heavy atom. The van der Waals surface area contributed by atoms with Crippen LogP contribution in [-0.2, 0) is 42.9 Å². The number of carbonyl (C=O) groups excluding carboxylic acids is 4. The van der Waals surface area contributed by atoms with E-state index in [-0.39, 0.29) is 6.61 Å². The summed E-state index contributed by atoms with van der Waals surface area (Å²) in [6.07, 6.45) is -1.85. The number of rotatable bonds is 13. The number of hydrogen-bond acceptors (Lipinski definition) is 11. The van der Waals surface area contributed by atoms with Gasteiger partial charge in [-0.15, -0.1) is 0 Å². The third-order valence-corrected chi connectivity index (χ3v) is 5.29. The number of ether oxygens (including phenoxy) is 7. The summed E-state index contributed by atoms with van der Waals surface area (Å²) in [5.74, 6) is -1.72. The van der Waals surface area contributed by atoms with Gasteiger partial charge in [-0.3, -0.25) is 19.2 Å². The molecule has 1 aromatic rings. The number of hydrogen-bond donors (Lipinski definition) is 0. The van der Waals surface area contributed by atoms with Gasteiger partial charge in [0.15, 0.2) is 12.2 Å². The maximum Gasteiger partial charge on any atom is 0.303 e. The Balaban J connectivity index is 2.26. The largest absolute Gasteiger partial charge is 0.494 e. The van der Waals surface area contributed by atoms with Crippen molar-refractivity contribution in [2.75, 3.05) is 13.2 Å². The molecule has 0 spiro atoms. The Kier molecular flexibility index (Phi) is 12.1. The Bertz CT molecular complexity index is 898. The second-order valence-corrected chi connectivity index (χ2v) is 8.57. The molecule has 11 heteroatoms. The zero-order valence-electron chi connectivity index (χ0n) is 21.9. The van der Waals surface area contributed by atoms with Crippen LogP contribution in [0.4, 0.5) is 0 Å². The van der Waals surface area contributed by atoms with Gasteiger partial charge < -0.3 is 33.2 Å². The second-order valence-electron chi connectivity index (χ2n) is 8.57. The average molecular weight is 525 g/mol. The van der Waals surface area contributed by atoms with Crippen molar-refractivity contribution < 1.29 is 52.3 Å². The number of benzene rings is 1. The van der Waals surface area contributed by atoms with E-state index >= 15 is 0 Å². The van der Waals surface area contributed by atoms with Gasteiger partial charge in [0.25, 0.3) is 0 Å². The van der Waals surface area contributed by atoms with E-state index in [9.17, 15) is 19.2 Å². The van der Waals surface area contributed by atoms with Crippen LogP contribution < -0.4 is 9.47 Å². The third kappa shape index (κ3) is 10.3. The number of esters is 4. The van der Waals surface area contributed by atoms with Crippen LogP contribution in [-0.4, -0.2) is 67.8 Å². The summed E-state index contributed by atoms with van der Waals surface area (Å²) in [5, 5.41) is 0. The summed E-state index contributed by atoms with van der Waals surface area (Å²) in [6, 6.07) is 6.74. The molecule has 206 valence electrons. The third-order valence-electron chi connectivity index (χ3n) is 5.29. The summed E-state index contributed by atoms with van der Waals surface area (Å²) in [7, 11) is 0. The minimum atomic E-state index is -1.30. The molecular formula is C26H36O11. The van der Waals surface area contributed by atoms with Crippen LogP contribution in [0.5, 0.6) is 11.5 Å². The Morgan fingerprint density at radius 3 is 1.86 bits per heavy atom. The van der Waals surface area contributed by atoms with Crippen molar-refractivity contribution >= 4 is 23.9 Å². The molecule has 37 heavy (non-hydrogen) atoms. The smallest absolute Gasteiger partial charge is 0.303 e. The Hall–Kier alpha value is -3.34. The van der Waals surface area contributed by atoms with Crippen molar-refractivity contribution in [3.05, 3.63) is 24.3 Å². The monoisotopic (exact) mass is 524 g/mol. The molecule has 0 aliphatic carbocycles. The summed E-state index contributed by atoms with van der Waals surface area (Å²) >= 11 is 0. The summed E-state index contributed by atoms with van der Waals surface area (Å²) < 4.78 is 38.8. The molecule has 5 atom stereocenters. The van der Waals surface area contributed by atoms with Gasteiger partial charge in [0.05, 0.1) is 6.61 Å². The zero-order chi connectivity index (χ0) is 27.4. The quantitative estimate of drug-likeness (QED) is 0.214. The van der Waals surface area contributed by atoms with Gasteiger partial charge >= 0.3 is 23.9 Å². The predicted octanol–water partition coefficient (Wildman–Crippen LogP) is 3.11. The first-order valence-electron chi connectivity index (χ1n) is 12.3.